The number of halogens is 7. The molecule has 0 radical (unpaired) electrons. The fourth-order valence-corrected chi connectivity index (χ4v) is 1.14. The van der Waals surface area contributed by atoms with E-state index >= 15 is 0 Å². The van der Waals surface area contributed by atoms with E-state index in [0.717, 1.165) is 0 Å². The van der Waals surface area contributed by atoms with Gasteiger partial charge in [-0.15, -0.1) is 13.2 Å². The number of alkyl halides is 6. The van der Waals surface area contributed by atoms with Gasteiger partial charge in [0, 0.05) is 5.56 Å². The van der Waals surface area contributed by atoms with Crippen molar-refractivity contribution >= 4 is 0 Å². The highest BCUT2D eigenvalue weighted by Crippen LogP contribution is 2.34. The SMILES string of the molecule is N#CCc1cc(C(F)(F)F)nc(F)c1OC(F)(F)F. The largest absolute Gasteiger partial charge is 0.573 e. The first-order valence-corrected chi connectivity index (χ1v) is 4.44. The van der Waals surface area contributed by atoms with E-state index in [-0.39, 0.29) is 6.07 Å². The van der Waals surface area contributed by atoms with Crippen LogP contribution in [0.3, 0.4) is 0 Å². The molecule has 0 aromatic carbocycles. The fourth-order valence-electron chi connectivity index (χ4n) is 1.14. The van der Waals surface area contributed by atoms with Crippen LogP contribution in [0, 0.1) is 17.3 Å². The molecule has 0 N–H and O–H groups in total. The van der Waals surface area contributed by atoms with Crippen molar-refractivity contribution in [1.29, 1.82) is 5.26 Å². The Kier molecular flexibility index (Phi) is 3.88. The lowest BCUT2D eigenvalue weighted by Crippen LogP contribution is -2.20. The van der Waals surface area contributed by atoms with E-state index in [0.29, 0.717) is 0 Å². The summed E-state index contributed by atoms with van der Waals surface area (Å²) in [7, 11) is 0. The number of hydrogen-bond donors (Lipinski definition) is 0. The summed E-state index contributed by atoms with van der Waals surface area (Å²) in [6, 6.07) is 1.44. The maximum atomic E-state index is 13.1. The van der Waals surface area contributed by atoms with Gasteiger partial charge in [0.25, 0.3) is 5.95 Å². The van der Waals surface area contributed by atoms with E-state index in [1.807, 2.05) is 0 Å². The molecule has 3 nitrogen and oxygen atoms in total. The molecule has 0 aliphatic carbocycles. The first-order chi connectivity index (χ1) is 8.54. The molecular weight excluding hydrogens is 285 g/mol. The van der Waals surface area contributed by atoms with E-state index in [1.54, 1.807) is 0 Å². The van der Waals surface area contributed by atoms with Gasteiger partial charge in [0.1, 0.15) is 5.69 Å². The van der Waals surface area contributed by atoms with Gasteiger partial charge in [-0.1, -0.05) is 0 Å². The number of nitrogens with zero attached hydrogens (tertiary/aromatic N) is 2. The molecule has 0 atom stereocenters. The standard InChI is InChI=1S/C9H3F7N2O/c10-7-6(19-9(14,15)16)4(1-2-17)3-5(18-7)8(11,12)13/h3H,1H2. The number of nitriles is 1. The Morgan fingerprint density at radius 2 is 1.79 bits per heavy atom. The summed E-state index contributed by atoms with van der Waals surface area (Å²) in [6.45, 7) is 0. The van der Waals surface area contributed by atoms with Gasteiger partial charge >= 0.3 is 12.5 Å². The molecule has 0 aliphatic heterocycles. The molecular formula is C9H3F7N2O. The summed E-state index contributed by atoms with van der Waals surface area (Å²) >= 11 is 0. The van der Waals surface area contributed by atoms with Gasteiger partial charge in [0.2, 0.25) is 0 Å². The van der Waals surface area contributed by atoms with E-state index < -0.39 is 41.9 Å². The third kappa shape index (κ3) is 3.97. The van der Waals surface area contributed by atoms with Gasteiger partial charge in [-0.05, 0) is 6.07 Å². The molecule has 10 heteroatoms. The molecule has 104 valence electrons. The number of rotatable bonds is 2. The van der Waals surface area contributed by atoms with Crippen molar-refractivity contribution in [3.8, 4) is 11.8 Å². The summed E-state index contributed by atoms with van der Waals surface area (Å²) < 4.78 is 89.1. The summed E-state index contributed by atoms with van der Waals surface area (Å²) in [5.41, 5.74) is -2.63. The Morgan fingerprint density at radius 1 is 1.21 bits per heavy atom. The minimum atomic E-state index is -5.31. The smallest absolute Gasteiger partial charge is 0.401 e. The average molecular weight is 288 g/mol. The predicted molar refractivity (Wildman–Crippen MR) is 45.2 cm³/mol. The lowest BCUT2D eigenvalue weighted by Gasteiger charge is -2.14. The zero-order valence-corrected chi connectivity index (χ0v) is 8.73. The third-order valence-corrected chi connectivity index (χ3v) is 1.79. The minimum Gasteiger partial charge on any atom is -0.401 e. The third-order valence-electron chi connectivity index (χ3n) is 1.79. The first-order valence-electron chi connectivity index (χ1n) is 4.44. The number of aromatic nitrogens is 1. The Morgan fingerprint density at radius 3 is 2.21 bits per heavy atom. The van der Waals surface area contributed by atoms with Crippen molar-refractivity contribution < 1.29 is 35.5 Å². The van der Waals surface area contributed by atoms with Gasteiger partial charge in [0.15, 0.2) is 5.75 Å². The lowest BCUT2D eigenvalue weighted by atomic mass is 10.1. The van der Waals surface area contributed by atoms with Gasteiger partial charge in [-0.3, -0.25) is 0 Å². The second-order valence-corrected chi connectivity index (χ2v) is 3.17. The fraction of sp³-hybridized carbons (Fsp3) is 0.333. The van der Waals surface area contributed by atoms with Gasteiger partial charge in [0.05, 0.1) is 12.5 Å². The highest BCUT2D eigenvalue weighted by Gasteiger charge is 2.38. The molecule has 19 heavy (non-hydrogen) atoms. The number of pyridine rings is 1. The maximum absolute atomic E-state index is 13.1. The van der Waals surface area contributed by atoms with Crippen LogP contribution in [0.2, 0.25) is 0 Å². The second kappa shape index (κ2) is 4.91. The summed E-state index contributed by atoms with van der Waals surface area (Å²) in [5, 5.41) is 8.32. The highest BCUT2D eigenvalue weighted by atomic mass is 19.4. The molecule has 1 aromatic rings. The quantitative estimate of drug-likeness (QED) is 0.620. The van der Waals surface area contributed by atoms with Crippen LogP contribution >= 0.6 is 0 Å². The number of ether oxygens (including phenoxy) is 1. The van der Waals surface area contributed by atoms with E-state index in [4.69, 9.17) is 5.26 Å². The molecule has 0 saturated carbocycles. The van der Waals surface area contributed by atoms with Crippen LogP contribution in [0.5, 0.6) is 5.75 Å². The van der Waals surface area contributed by atoms with Crippen LogP contribution in [0.15, 0.2) is 6.07 Å². The van der Waals surface area contributed by atoms with Gasteiger partial charge < -0.3 is 4.74 Å². The number of hydrogen-bond acceptors (Lipinski definition) is 3. The van der Waals surface area contributed by atoms with Gasteiger partial charge in [-0.2, -0.15) is 22.8 Å². The molecule has 1 rings (SSSR count). The Hall–Kier alpha value is -2.05. The zero-order chi connectivity index (χ0) is 14.8. The minimum absolute atomic E-state index is 0.132. The molecule has 0 bridgehead atoms. The van der Waals surface area contributed by atoms with E-state index in [9.17, 15) is 30.7 Å². The monoisotopic (exact) mass is 288 g/mol. The van der Waals surface area contributed by atoms with Crippen LogP contribution in [0.25, 0.3) is 0 Å². The zero-order valence-electron chi connectivity index (χ0n) is 8.73. The van der Waals surface area contributed by atoms with Crippen LogP contribution in [0.1, 0.15) is 11.3 Å². The van der Waals surface area contributed by atoms with Crippen LogP contribution in [-0.4, -0.2) is 11.3 Å². The van der Waals surface area contributed by atoms with Crippen molar-refractivity contribution in [2.75, 3.05) is 0 Å². The molecule has 0 spiro atoms. The van der Waals surface area contributed by atoms with E-state index in [1.165, 1.54) is 6.07 Å². The van der Waals surface area contributed by atoms with Crippen LogP contribution in [0.4, 0.5) is 30.7 Å². The Labute approximate surface area is 101 Å². The summed E-state index contributed by atoms with van der Waals surface area (Å²) in [4.78, 5) is 2.35. The Bertz CT molecular complexity index is 515. The lowest BCUT2D eigenvalue weighted by molar-refractivity contribution is -0.276. The molecule has 0 fully saturated rings. The van der Waals surface area contributed by atoms with Crippen molar-refractivity contribution in [2.45, 2.75) is 19.0 Å². The van der Waals surface area contributed by atoms with Crippen molar-refractivity contribution in [2.24, 2.45) is 0 Å². The topological polar surface area (TPSA) is 45.9 Å². The first kappa shape index (κ1) is 15.0. The summed E-state index contributed by atoms with van der Waals surface area (Å²) in [5.74, 6) is -3.63. The molecule has 0 amide bonds. The average Bonchev–Trinajstić information content (AvgIpc) is 2.20. The van der Waals surface area contributed by atoms with E-state index in [2.05, 4.69) is 9.72 Å². The van der Waals surface area contributed by atoms with Crippen LogP contribution < -0.4 is 4.74 Å². The molecule has 1 aromatic heterocycles. The van der Waals surface area contributed by atoms with Crippen molar-refractivity contribution in [3.05, 3.63) is 23.3 Å². The normalized spacial score (nSPS) is 12.1. The highest BCUT2D eigenvalue weighted by molar-refractivity contribution is 5.36. The van der Waals surface area contributed by atoms with Crippen molar-refractivity contribution in [1.82, 2.24) is 4.98 Å². The van der Waals surface area contributed by atoms with Gasteiger partial charge in [-0.25, -0.2) is 4.98 Å². The molecule has 0 aliphatic rings. The second-order valence-electron chi connectivity index (χ2n) is 3.17. The Balaban J connectivity index is 3.36. The molecule has 1 heterocycles. The predicted octanol–water partition coefficient (Wildman–Crippen LogP) is 3.20. The summed E-state index contributed by atoms with van der Waals surface area (Å²) in [6.07, 6.45) is -11.3. The van der Waals surface area contributed by atoms with Crippen LogP contribution in [-0.2, 0) is 12.6 Å². The maximum Gasteiger partial charge on any atom is 0.573 e. The van der Waals surface area contributed by atoms with Crippen molar-refractivity contribution in [3.63, 3.8) is 0 Å². The molecule has 0 unspecified atom stereocenters. The molecule has 0 saturated heterocycles.